The maximum absolute atomic E-state index is 13.6. The molecule has 0 aliphatic carbocycles. The molecule has 2 rings (SSSR count). The van der Waals surface area contributed by atoms with Gasteiger partial charge in [0.15, 0.2) is 11.6 Å². The Labute approximate surface area is 114 Å². The van der Waals surface area contributed by atoms with Gasteiger partial charge in [-0.05, 0) is 18.2 Å². The van der Waals surface area contributed by atoms with E-state index in [0.29, 0.717) is 5.69 Å². The van der Waals surface area contributed by atoms with Crippen molar-refractivity contribution in [1.29, 1.82) is 10.5 Å². The van der Waals surface area contributed by atoms with Crippen LogP contribution in [0.1, 0.15) is 11.1 Å². The Bertz CT molecular complexity index is 729. The van der Waals surface area contributed by atoms with Crippen molar-refractivity contribution in [2.75, 3.05) is 17.7 Å². The van der Waals surface area contributed by atoms with Crippen LogP contribution in [0.25, 0.3) is 0 Å². The van der Waals surface area contributed by atoms with E-state index in [2.05, 4.69) is 20.6 Å². The van der Waals surface area contributed by atoms with E-state index >= 15 is 0 Å². The van der Waals surface area contributed by atoms with Crippen LogP contribution >= 0.6 is 0 Å². The Balaban J connectivity index is 2.36. The normalized spacial score (nSPS) is 9.40. The van der Waals surface area contributed by atoms with Gasteiger partial charge in [0, 0.05) is 12.7 Å². The van der Waals surface area contributed by atoms with Gasteiger partial charge in [-0.1, -0.05) is 0 Å². The molecule has 0 aliphatic rings. The summed E-state index contributed by atoms with van der Waals surface area (Å²) >= 11 is 0. The molecule has 0 aliphatic heterocycles. The number of nitrogens with one attached hydrogen (secondary N) is 2. The molecule has 0 radical (unpaired) electrons. The van der Waals surface area contributed by atoms with Gasteiger partial charge in [-0.2, -0.15) is 15.5 Å². The summed E-state index contributed by atoms with van der Waals surface area (Å²) in [6.07, 6.45) is 1.04. The Hall–Kier alpha value is -3.19. The zero-order valence-corrected chi connectivity index (χ0v) is 10.5. The second-order valence-corrected chi connectivity index (χ2v) is 3.75. The Morgan fingerprint density at radius 1 is 1.20 bits per heavy atom. The van der Waals surface area contributed by atoms with Crippen molar-refractivity contribution in [2.24, 2.45) is 0 Å². The van der Waals surface area contributed by atoms with Crippen LogP contribution in [-0.4, -0.2) is 17.0 Å². The molecule has 0 saturated carbocycles. The minimum atomic E-state index is -0.619. The molecular weight excluding hydrogens is 259 g/mol. The molecule has 7 heteroatoms. The number of benzene rings is 1. The molecule has 2 aromatic rings. The zero-order chi connectivity index (χ0) is 14.5. The van der Waals surface area contributed by atoms with Gasteiger partial charge >= 0.3 is 0 Å². The topological polar surface area (TPSA) is 97.4 Å². The highest BCUT2D eigenvalue weighted by Crippen LogP contribution is 2.21. The number of anilines is 3. The molecule has 0 unspecified atom stereocenters. The van der Waals surface area contributed by atoms with Gasteiger partial charge in [-0.25, -0.2) is 9.37 Å². The summed E-state index contributed by atoms with van der Waals surface area (Å²) in [5, 5.41) is 23.2. The standard InChI is InChI=1S/C13H9FN6/c1-17-13-18-7-11(14)12(20-13)19-10-3-2-8(5-15)9(4-10)6-16/h2-4,7H,1H3,(H2,17,18,19,20). The molecule has 0 amide bonds. The van der Waals surface area contributed by atoms with E-state index in [0.717, 1.165) is 6.20 Å². The van der Waals surface area contributed by atoms with Gasteiger partial charge < -0.3 is 10.6 Å². The van der Waals surface area contributed by atoms with Crippen LogP contribution in [0, 0.1) is 28.5 Å². The number of nitriles is 2. The predicted octanol–water partition coefficient (Wildman–Crippen LogP) is 2.14. The number of hydrogen-bond donors (Lipinski definition) is 2. The summed E-state index contributed by atoms with van der Waals surface area (Å²) in [5.74, 6) is -0.368. The number of nitrogens with zero attached hydrogens (tertiary/aromatic N) is 4. The lowest BCUT2D eigenvalue weighted by atomic mass is 10.1. The molecule has 1 aromatic heterocycles. The first-order valence-electron chi connectivity index (χ1n) is 5.59. The highest BCUT2D eigenvalue weighted by molar-refractivity contribution is 5.62. The van der Waals surface area contributed by atoms with Crippen molar-refractivity contribution < 1.29 is 4.39 Å². The number of aromatic nitrogens is 2. The molecule has 98 valence electrons. The third kappa shape index (κ3) is 2.62. The average molecular weight is 268 g/mol. The van der Waals surface area contributed by atoms with Crippen LogP contribution in [0.3, 0.4) is 0 Å². The molecule has 6 nitrogen and oxygen atoms in total. The second kappa shape index (κ2) is 5.63. The molecule has 0 atom stereocenters. The molecule has 0 saturated heterocycles. The van der Waals surface area contributed by atoms with Crippen LogP contribution in [-0.2, 0) is 0 Å². The quantitative estimate of drug-likeness (QED) is 0.885. The molecule has 20 heavy (non-hydrogen) atoms. The van der Waals surface area contributed by atoms with Gasteiger partial charge in [0.2, 0.25) is 5.95 Å². The van der Waals surface area contributed by atoms with E-state index in [1.165, 1.54) is 12.1 Å². The fraction of sp³-hybridized carbons (Fsp3) is 0.0769. The Kier molecular flexibility index (Phi) is 3.73. The first-order valence-corrected chi connectivity index (χ1v) is 5.59. The third-order valence-electron chi connectivity index (χ3n) is 2.49. The highest BCUT2D eigenvalue weighted by atomic mass is 19.1. The molecule has 2 N–H and O–H groups in total. The Morgan fingerprint density at radius 3 is 2.60 bits per heavy atom. The van der Waals surface area contributed by atoms with E-state index in [9.17, 15) is 4.39 Å². The zero-order valence-electron chi connectivity index (χ0n) is 10.5. The van der Waals surface area contributed by atoms with Crippen molar-refractivity contribution in [1.82, 2.24) is 9.97 Å². The molecule has 0 bridgehead atoms. The van der Waals surface area contributed by atoms with Crippen LogP contribution in [0.2, 0.25) is 0 Å². The lowest BCUT2D eigenvalue weighted by Gasteiger charge is -2.08. The van der Waals surface area contributed by atoms with Gasteiger partial charge in [-0.15, -0.1) is 0 Å². The minimum absolute atomic E-state index is 0.0158. The largest absolute Gasteiger partial charge is 0.357 e. The summed E-state index contributed by atoms with van der Waals surface area (Å²) in [7, 11) is 1.62. The molecule has 1 heterocycles. The van der Waals surface area contributed by atoms with Crippen LogP contribution in [0.5, 0.6) is 0 Å². The van der Waals surface area contributed by atoms with Gasteiger partial charge in [-0.3, -0.25) is 0 Å². The highest BCUT2D eigenvalue weighted by Gasteiger charge is 2.08. The fourth-order valence-electron chi connectivity index (χ4n) is 1.52. The van der Waals surface area contributed by atoms with Gasteiger partial charge in [0.1, 0.15) is 12.1 Å². The van der Waals surface area contributed by atoms with Crippen LogP contribution in [0.15, 0.2) is 24.4 Å². The van der Waals surface area contributed by atoms with Crippen molar-refractivity contribution in [3.05, 3.63) is 41.3 Å². The summed E-state index contributed by atoms with van der Waals surface area (Å²) in [4.78, 5) is 7.66. The summed E-state index contributed by atoms with van der Waals surface area (Å²) in [6, 6.07) is 8.33. The lowest BCUT2D eigenvalue weighted by molar-refractivity contribution is 0.619. The predicted molar refractivity (Wildman–Crippen MR) is 70.7 cm³/mol. The average Bonchev–Trinajstić information content (AvgIpc) is 2.49. The number of hydrogen-bond acceptors (Lipinski definition) is 6. The SMILES string of the molecule is CNc1ncc(F)c(Nc2ccc(C#N)c(C#N)c2)n1. The van der Waals surface area contributed by atoms with Gasteiger partial charge in [0.25, 0.3) is 0 Å². The van der Waals surface area contributed by atoms with E-state index in [-0.39, 0.29) is 22.9 Å². The molecule has 0 spiro atoms. The van der Waals surface area contributed by atoms with E-state index in [4.69, 9.17) is 10.5 Å². The minimum Gasteiger partial charge on any atom is -0.357 e. The first kappa shape index (κ1) is 13.2. The molecular formula is C13H9FN6. The molecule has 0 fully saturated rings. The van der Waals surface area contributed by atoms with Crippen molar-refractivity contribution >= 4 is 17.5 Å². The van der Waals surface area contributed by atoms with Crippen LogP contribution < -0.4 is 10.6 Å². The fourth-order valence-corrected chi connectivity index (χ4v) is 1.52. The van der Waals surface area contributed by atoms with Crippen molar-refractivity contribution in [3.63, 3.8) is 0 Å². The molecule has 1 aromatic carbocycles. The smallest absolute Gasteiger partial charge is 0.224 e. The maximum atomic E-state index is 13.6. The maximum Gasteiger partial charge on any atom is 0.224 e. The lowest BCUT2D eigenvalue weighted by Crippen LogP contribution is -2.03. The third-order valence-corrected chi connectivity index (χ3v) is 2.49. The monoisotopic (exact) mass is 268 g/mol. The summed E-state index contributed by atoms with van der Waals surface area (Å²) in [5.41, 5.74) is 0.929. The summed E-state index contributed by atoms with van der Waals surface area (Å²) in [6.45, 7) is 0. The summed E-state index contributed by atoms with van der Waals surface area (Å²) < 4.78 is 13.6. The van der Waals surface area contributed by atoms with E-state index in [1.54, 1.807) is 13.1 Å². The van der Waals surface area contributed by atoms with E-state index < -0.39 is 5.82 Å². The second-order valence-electron chi connectivity index (χ2n) is 3.75. The first-order chi connectivity index (χ1) is 9.67. The number of rotatable bonds is 3. The van der Waals surface area contributed by atoms with Gasteiger partial charge in [0.05, 0.1) is 17.3 Å². The van der Waals surface area contributed by atoms with E-state index in [1.807, 2.05) is 12.1 Å². The van der Waals surface area contributed by atoms with Crippen molar-refractivity contribution in [2.45, 2.75) is 0 Å². The number of halogens is 1. The van der Waals surface area contributed by atoms with Crippen LogP contribution in [0.4, 0.5) is 21.8 Å². The Morgan fingerprint density at radius 2 is 1.95 bits per heavy atom. The van der Waals surface area contributed by atoms with Crippen molar-refractivity contribution in [3.8, 4) is 12.1 Å².